The number of hydrogen-bond donors (Lipinski definition) is 0. The van der Waals surface area contributed by atoms with Gasteiger partial charge in [0, 0.05) is 32.3 Å². The van der Waals surface area contributed by atoms with Crippen LogP contribution in [0.4, 0.5) is 0 Å². The van der Waals surface area contributed by atoms with Crippen molar-refractivity contribution in [1.82, 2.24) is 9.88 Å². The number of rotatable bonds is 5. The first-order valence-electron chi connectivity index (χ1n) is 6.77. The Hall–Kier alpha value is -1.94. The van der Waals surface area contributed by atoms with Gasteiger partial charge < -0.3 is 9.64 Å². The standard InChI is InChI=1S/C16H20N2O2/c1-4-15(20-3)16(19)18(2)11-12-7-8-14-13(10-12)6-5-9-17-14/h5-10,15H,4,11H2,1-3H3. The molecule has 1 aromatic heterocycles. The van der Waals surface area contributed by atoms with E-state index in [0.717, 1.165) is 16.5 Å². The molecule has 1 atom stereocenters. The highest BCUT2D eigenvalue weighted by Gasteiger charge is 2.19. The molecular weight excluding hydrogens is 252 g/mol. The number of fused-ring (bicyclic) bond motifs is 1. The lowest BCUT2D eigenvalue weighted by Gasteiger charge is -2.22. The van der Waals surface area contributed by atoms with Crippen molar-refractivity contribution in [3.8, 4) is 0 Å². The van der Waals surface area contributed by atoms with Gasteiger partial charge in [0.1, 0.15) is 6.10 Å². The van der Waals surface area contributed by atoms with Gasteiger partial charge in [0.15, 0.2) is 0 Å². The van der Waals surface area contributed by atoms with Crippen molar-refractivity contribution in [2.24, 2.45) is 0 Å². The minimum absolute atomic E-state index is 0.0151. The molecule has 1 unspecified atom stereocenters. The summed E-state index contributed by atoms with van der Waals surface area (Å²) in [6.45, 7) is 2.52. The molecule has 20 heavy (non-hydrogen) atoms. The summed E-state index contributed by atoms with van der Waals surface area (Å²) >= 11 is 0. The zero-order valence-corrected chi connectivity index (χ0v) is 12.2. The highest BCUT2D eigenvalue weighted by atomic mass is 16.5. The summed E-state index contributed by atoms with van der Waals surface area (Å²) in [4.78, 5) is 18.2. The Morgan fingerprint density at radius 1 is 1.40 bits per heavy atom. The molecule has 1 heterocycles. The third-order valence-electron chi connectivity index (χ3n) is 3.39. The second-order valence-corrected chi connectivity index (χ2v) is 4.86. The summed E-state index contributed by atoms with van der Waals surface area (Å²) in [5.41, 5.74) is 2.06. The van der Waals surface area contributed by atoms with Crippen LogP contribution in [0.2, 0.25) is 0 Å². The summed E-state index contributed by atoms with van der Waals surface area (Å²) < 4.78 is 5.19. The first kappa shape index (κ1) is 14.5. The highest BCUT2D eigenvalue weighted by molar-refractivity contribution is 5.81. The van der Waals surface area contributed by atoms with Crippen LogP contribution >= 0.6 is 0 Å². The van der Waals surface area contributed by atoms with Crippen LogP contribution in [0.5, 0.6) is 0 Å². The number of carbonyl (C=O) groups is 1. The maximum absolute atomic E-state index is 12.2. The first-order chi connectivity index (χ1) is 9.65. The Labute approximate surface area is 119 Å². The Balaban J connectivity index is 2.13. The summed E-state index contributed by atoms with van der Waals surface area (Å²) in [5, 5.41) is 1.09. The Bertz CT molecular complexity index is 594. The smallest absolute Gasteiger partial charge is 0.251 e. The van der Waals surface area contributed by atoms with E-state index in [1.165, 1.54) is 0 Å². The molecule has 2 aromatic rings. The van der Waals surface area contributed by atoms with Crippen molar-refractivity contribution in [1.29, 1.82) is 0 Å². The van der Waals surface area contributed by atoms with E-state index in [4.69, 9.17) is 4.74 Å². The van der Waals surface area contributed by atoms with Crippen LogP contribution in [0.25, 0.3) is 10.9 Å². The first-order valence-corrected chi connectivity index (χ1v) is 6.77. The lowest BCUT2D eigenvalue weighted by atomic mass is 10.1. The van der Waals surface area contributed by atoms with E-state index in [0.29, 0.717) is 13.0 Å². The molecule has 106 valence electrons. The molecule has 1 amide bonds. The summed E-state index contributed by atoms with van der Waals surface area (Å²) in [6.07, 6.45) is 2.10. The molecule has 0 spiro atoms. The monoisotopic (exact) mass is 272 g/mol. The Morgan fingerprint density at radius 2 is 2.20 bits per heavy atom. The van der Waals surface area contributed by atoms with E-state index in [1.54, 1.807) is 25.3 Å². The molecule has 0 aliphatic heterocycles. The third-order valence-corrected chi connectivity index (χ3v) is 3.39. The number of nitrogens with zero attached hydrogens (tertiary/aromatic N) is 2. The van der Waals surface area contributed by atoms with Crippen LogP contribution < -0.4 is 0 Å². The van der Waals surface area contributed by atoms with E-state index >= 15 is 0 Å². The molecule has 0 radical (unpaired) electrons. The number of ether oxygens (including phenoxy) is 1. The molecular formula is C16H20N2O2. The zero-order valence-electron chi connectivity index (χ0n) is 12.2. The lowest BCUT2D eigenvalue weighted by Crippen LogP contribution is -2.36. The van der Waals surface area contributed by atoms with Crippen LogP contribution in [-0.4, -0.2) is 36.1 Å². The molecule has 4 heteroatoms. The van der Waals surface area contributed by atoms with Crippen LogP contribution in [0.15, 0.2) is 36.5 Å². The van der Waals surface area contributed by atoms with Crippen molar-refractivity contribution < 1.29 is 9.53 Å². The highest BCUT2D eigenvalue weighted by Crippen LogP contribution is 2.15. The number of pyridine rings is 1. The number of methoxy groups -OCH3 is 1. The molecule has 0 fully saturated rings. The van der Waals surface area contributed by atoms with Crippen LogP contribution in [-0.2, 0) is 16.1 Å². The summed E-state index contributed by atoms with van der Waals surface area (Å²) in [5.74, 6) is 0.0151. The average Bonchev–Trinajstić information content (AvgIpc) is 2.48. The third kappa shape index (κ3) is 3.14. The van der Waals surface area contributed by atoms with Crippen LogP contribution in [0, 0.1) is 0 Å². The fraction of sp³-hybridized carbons (Fsp3) is 0.375. The Morgan fingerprint density at radius 3 is 2.90 bits per heavy atom. The maximum atomic E-state index is 12.2. The largest absolute Gasteiger partial charge is 0.372 e. The van der Waals surface area contributed by atoms with Gasteiger partial charge in [0.25, 0.3) is 5.91 Å². The molecule has 2 rings (SSSR count). The van der Waals surface area contributed by atoms with E-state index in [2.05, 4.69) is 11.1 Å². The molecule has 0 saturated carbocycles. The van der Waals surface area contributed by atoms with Crippen molar-refractivity contribution in [3.05, 3.63) is 42.1 Å². The van der Waals surface area contributed by atoms with Gasteiger partial charge in [-0.2, -0.15) is 0 Å². The van der Waals surface area contributed by atoms with Gasteiger partial charge >= 0.3 is 0 Å². The second kappa shape index (κ2) is 6.48. The molecule has 1 aromatic carbocycles. The molecule has 0 saturated heterocycles. The molecule has 0 bridgehead atoms. The van der Waals surface area contributed by atoms with Gasteiger partial charge in [-0.05, 0) is 30.2 Å². The van der Waals surface area contributed by atoms with Gasteiger partial charge in [-0.1, -0.05) is 19.1 Å². The van der Waals surface area contributed by atoms with Crippen molar-refractivity contribution in [3.63, 3.8) is 0 Å². The predicted molar refractivity (Wildman–Crippen MR) is 79.3 cm³/mol. The maximum Gasteiger partial charge on any atom is 0.251 e. The van der Waals surface area contributed by atoms with Crippen molar-refractivity contribution in [2.75, 3.05) is 14.2 Å². The molecule has 0 N–H and O–H groups in total. The average molecular weight is 272 g/mol. The van der Waals surface area contributed by atoms with E-state index in [1.807, 2.05) is 31.2 Å². The number of benzene rings is 1. The SMILES string of the molecule is CCC(OC)C(=O)N(C)Cc1ccc2ncccc2c1. The fourth-order valence-electron chi connectivity index (χ4n) is 2.26. The minimum atomic E-state index is -0.359. The number of amides is 1. The molecule has 0 aliphatic rings. The quantitative estimate of drug-likeness (QED) is 0.840. The Kier molecular flexibility index (Phi) is 4.69. The summed E-state index contributed by atoms with van der Waals surface area (Å²) in [7, 11) is 3.37. The topological polar surface area (TPSA) is 42.4 Å². The van der Waals surface area contributed by atoms with E-state index in [-0.39, 0.29) is 12.0 Å². The van der Waals surface area contributed by atoms with Gasteiger partial charge in [-0.3, -0.25) is 9.78 Å². The number of likely N-dealkylation sites (N-methyl/N-ethyl adjacent to an activating group) is 1. The molecule has 0 aliphatic carbocycles. The molecule has 4 nitrogen and oxygen atoms in total. The summed E-state index contributed by atoms with van der Waals surface area (Å²) in [6, 6.07) is 10.0. The predicted octanol–water partition coefficient (Wildman–Crippen LogP) is 2.62. The van der Waals surface area contributed by atoms with Crippen LogP contribution in [0.3, 0.4) is 0 Å². The van der Waals surface area contributed by atoms with Gasteiger partial charge in [-0.15, -0.1) is 0 Å². The number of hydrogen-bond acceptors (Lipinski definition) is 3. The lowest BCUT2D eigenvalue weighted by molar-refractivity contribution is -0.141. The van der Waals surface area contributed by atoms with Gasteiger partial charge in [0.05, 0.1) is 5.52 Å². The van der Waals surface area contributed by atoms with E-state index in [9.17, 15) is 4.79 Å². The van der Waals surface area contributed by atoms with Crippen molar-refractivity contribution in [2.45, 2.75) is 26.0 Å². The second-order valence-electron chi connectivity index (χ2n) is 4.86. The number of aromatic nitrogens is 1. The number of carbonyl (C=O) groups excluding carboxylic acids is 1. The normalized spacial score (nSPS) is 12.3. The van der Waals surface area contributed by atoms with Crippen molar-refractivity contribution >= 4 is 16.8 Å². The van der Waals surface area contributed by atoms with Gasteiger partial charge in [0.2, 0.25) is 0 Å². The zero-order chi connectivity index (χ0) is 14.5. The van der Waals surface area contributed by atoms with Crippen LogP contribution in [0.1, 0.15) is 18.9 Å². The van der Waals surface area contributed by atoms with E-state index < -0.39 is 0 Å². The fourth-order valence-corrected chi connectivity index (χ4v) is 2.26. The minimum Gasteiger partial charge on any atom is -0.372 e. The van der Waals surface area contributed by atoms with Gasteiger partial charge in [-0.25, -0.2) is 0 Å².